The molecule has 0 saturated heterocycles. The van der Waals surface area contributed by atoms with Crippen LogP contribution < -0.4 is 5.73 Å². The first kappa shape index (κ1) is 9.10. The van der Waals surface area contributed by atoms with Crippen LogP contribution in [0.3, 0.4) is 0 Å². The maximum atomic E-state index is 5.81. The summed E-state index contributed by atoms with van der Waals surface area (Å²) in [6, 6.07) is 0. The first-order valence-electron chi connectivity index (χ1n) is 2.80. The second-order valence-electron chi connectivity index (χ2n) is 2.05. The van der Waals surface area contributed by atoms with Gasteiger partial charge in [-0.1, -0.05) is 23.2 Å². The fourth-order valence-corrected chi connectivity index (χ4v) is 1.57. The predicted molar refractivity (Wildman–Crippen MR) is 51.1 cm³/mol. The van der Waals surface area contributed by atoms with Gasteiger partial charge in [-0.2, -0.15) is 0 Å². The third-order valence-corrected chi connectivity index (χ3v) is 2.89. The average molecular weight is 256 g/mol. The molecule has 0 bridgehead atoms. The minimum Gasteiger partial charge on any atom is -0.396 e. The highest BCUT2D eigenvalue weighted by Gasteiger charge is 2.09. The fraction of sp³-hybridized carbons (Fsp3) is 0.167. The van der Waals surface area contributed by atoms with Crippen molar-refractivity contribution in [2.24, 2.45) is 0 Å². The first-order chi connectivity index (χ1) is 5.04. The number of hydrogen-bond acceptors (Lipinski definition) is 2. The average Bonchev–Trinajstić information content (AvgIpc) is 1.97. The Hall–Kier alpha value is 0.01000. The van der Waals surface area contributed by atoms with Gasteiger partial charge in [-0.3, -0.25) is 0 Å². The molecule has 0 spiro atoms. The summed E-state index contributed by atoms with van der Waals surface area (Å²) in [5, 5.41) is 0.783. The third kappa shape index (κ3) is 1.60. The van der Waals surface area contributed by atoms with E-state index in [0.717, 1.165) is 5.56 Å². The van der Waals surface area contributed by atoms with Crippen molar-refractivity contribution in [3.05, 3.63) is 20.3 Å². The van der Waals surface area contributed by atoms with Gasteiger partial charge >= 0.3 is 0 Å². The summed E-state index contributed by atoms with van der Waals surface area (Å²) in [6.45, 7) is 1.79. The summed E-state index contributed by atoms with van der Waals surface area (Å²) in [7, 11) is 0. The Morgan fingerprint density at radius 3 is 2.55 bits per heavy atom. The van der Waals surface area contributed by atoms with Gasteiger partial charge in [0.2, 0.25) is 0 Å². The minimum absolute atomic E-state index is 0.277. The highest BCUT2D eigenvalue weighted by Crippen LogP contribution is 2.31. The van der Waals surface area contributed by atoms with Gasteiger partial charge in [-0.15, -0.1) is 0 Å². The van der Waals surface area contributed by atoms with Gasteiger partial charge in [-0.05, 0) is 28.4 Å². The van der Waals surface area contributed by atoms with E-state index in [-0.39, 0.29) is 5.15 Å². The van der Waals surface area contributed by atoms with E-state index in [0.29, 0.717) is 15.3 Å². The van der Waals surface area contributed by atoms with Crippen LogP contribution in [0.5, 0.6) is 0 Å². The van der Waals surface area contributed by atoms with Crippen molar-refractivity contribution < 1.29 is 0 Å². The largest absolute Gasteiger partial charge is 0.396 e. The maximum absolute atomic E-state index is 5.81. The minimum atomic E-state index is 0.277. The molecule has 0 saturated carbocycles. The lowest BCUT2D eigenvalue weighted by Gasteiger charge is -2.04. The van der Waals surface area contributed by atoms with E-state index in [4.69, 9.17) is 28.9 Å². The quantitative estimate of drug-likeness (QED) is 0.724. The monoisotopic (exact) mass is 254 g/mol. The van der Waals surface area contributed by atoms with Gasteiger partial charge in [0.05, 0.1) is 10.7 Å². The lowest BCUT2D eigenvalue weighted by Crippen LogP contribution is -1.95. The van der Waals surface area contributed by atoms with E-state index in [1.807, 2.05) is 0 Å². The normalized spacial score (nSPS) is 10.2. The molecule has 1 aromatic rings. The molecule has 1 heterocycles. The zero-order valence-electron chi connectivity index (χ0n) is 5.66. The van der Waals surface area contributed by atoms with Crippen molar-refractivity contribution in [1.82, 2.24) is 4.98 Å². The van der Waals surface area contributed by atoms with Crippen molar-refractivity contribution in [1.29, 1.82) is 0 Å². The van der Waals surface area contributed by atoms with Gasteiger partial charge in [0.15, 0.2) is 5.15 Å². The Morgan fingerprint density at radius 1 is 1.45 bits per heavy atom. The summed E-state index contributed by atoms with van der Waals surface area (Å²) >= 11 is 14.6. The number of rotatable bonds is 0. The Kier molecular flexibility index (Phi) is 2.62. The van der Waals surface area contributed by atoms with Gasteiger partial charge < -0.3 is 5.73 Å². The molecule has 0 unspecified atom stereocenters. The highest BCUT2D eigenvalue weighted by atomic mass is 79.9. The van der Waals surface area contributed by atoms with Crippen molar-refractivity contribution in [2.45, 2.75) is 6.92 Å². The van der Waals surface area contributed by atoms with Crippen LogP contribution in [0, 0.1) is 6.92 Å². The summed E-state index contributed by atoms with van der Waals surface area (Å²) in [4.78, 5) is 3.86. The molecule has 0 aliphatic heterocycles. The highest BCUT2D eigenvalue weighted by molar-refractivity contribution is 9.10. The molecular formula is C6H5BrCl2N2. The Labute approximate surface area is 82.8 Å². The lowest BCUT2D eigenvalue weighted by atomic mass is 10.2. The Bertz CT molecular complexity index is 275. The molecule has 0 amide bonds. The molecule has 11 heavy (non-hydrogen) atoms. The van der Waals surface area contributed by atoms with Crippen LogP contribution >= 0.6 is 39.1 Å². The smallest absolute Gasteiger partial charge is 0.153 e. The van der Waals surface area contributed by atoms with Crippen LogP contribution in [0.2, 0.25) is 10.2 Å². The second-order valence-corrected chi connectivity index (χ2v) is 3.53. The summed E-state index contributed by atoms with van der Waals surface area (Å²) in [5.41, 5.74) is 6.73. The number of pyridine rings is 1. The molecule has 0 aliphatic carbocycles. The summed E-state index contributed by atoms with van der Waals surface area (Å²) in [6.07, 6.45) is 0. The van der Waals surface area contributed by atoms with Gasteiger partial charge in [-0.25, -0.2) is 4.98 Å². The van der Waals surface area contributed by atoms with Crippen LogP contribution in [0.1, 0.15) is 5.56 Å². The number of hydrogen-bond donors (Lipinski definition) is 1. The van der Waals surface area contributed by atoms with Crippen LogP contribution in [0.4, 0.5) is 5.69 Å². The molecule has 1 rings (SSSR count). The maximum Gasteiger partial charge on any atom is 0.153 e. The molecule has 1 aromatic heterocycles. The van der Waals surface area contributed by atoms with E-state index < -0.39 is 0 Å². The van der Waals surface area contributed by atoms with Crippen LogP contribution in [-0.4, -0.2) is 4.98 Å². The van der Waals surface area contributed by atoms with Gasteiger partial charge in [0.25, 0.3) is 0 Å². The number of nitrogens with zero attached hydrogens (tertiary/aromatic N) is 1. The molecule has 60 valence electrons. The van der Waals surface area contributed by atoms with Crippen molar-refractivity contribution in [3.8, 4) is 0 Å². The fourth-order valence-electron chi connectivity index (χ4n) is 0.623. The second kappa shape index (κ2) is 3.17. The molecule has 0 aromatic carbocycles. The van der Waals surface area contributed by atoms with Crippen LogP contribution in [0.15, 0.2) is 4.60 Å². The molecule has 0 atom stereocenters. The zero-order chi connectivity index (χ0) is 8.59. The number of nitrogen functional groups attached to an aromatic ring is 1. The van der Waals surface area contributed by atoms with Crippen molar-refractivity contribution in [3.63, 3.8) is 0 Å². The molecular weight excluding hydrogens is 251 g/mol. The Balaban J connectivity index is 3.46. The molecule has 2 nitrogen and oxygen atoms in total. The zero-order valence-corrected chi connectivity index (χ0v) is 8.76. The molecule has 0 fully saturated rings. The molecule has 0 aliphatic rings. The van der Waals surface area contributed by atoms with Gasteiger partial charge in [0.1, 0.15) is 4.60 Å². The number of aromatic nitrogens is 1. The SMILES string of the molecule is Cc1c(N)c(Cl)nc(Br)c1Cl. The number of nitrogens with two attached hydrogens (primary N) is 1. The summed E-state index contributed by atoms with van der Waals surface area (Å²) in [5.74, 6) is 0. The van der Waals surface area contributed by atoms with E-state index in [1.54, 1.807) is 6.92 Å². The molecule has 5 heteroatoms. The van der Waals surface area contributed by atoms with Crippen molar-refractivity contribution >= 4 is 44.8 Å². The van der Waals surface area contributed by atoms with Crippen LogP contribution in [0.25, 0.3) is 0 Å². The van der Waals surface area contributed by atoms with Crippen molar-refractivity contribution in [2.75, 3.05) is 5.73 Å². The number of anilines is 1. The first-order valence-corrected chi connectivity index (χ1v) is 4.35. The molecule has 0 radical (unpaired) electrons. The van der Waals surface area contributed by atoms with E-state index in [2.05, 4.69) is 20.9 Å². The topological polar surface area (TPSA) is 38.9 Å². The van der Waals surface area contributed by atoms with E-state index in [9.17, 15) is 0 Å². The number of halogens is 3. The van der Waals surface area contributed by atoms with E-state index >= 15 is 0 Å². The summed E-state index contributed by atoms with van der Waals surface area (Å²) < 4.78 is 0.524. The van der Waals surface area contributed by atoms with E-state index in [1.165, 1.54) is 0 Å². The van der Waals surface area contributed by atoms with Crippen LogP contribution in [-0.2, 0) is 0 Å². The lowest BCUT2D eigenvalue weighted by molar-refractivity contribution is 1.25. The molecule has 2 N–H and O–H groups in total. The Morgan fingerprint density at radius 2 is 2.00 bits per heavy atom. The van der Waals surface area contributed by atoms with Gasteiger partial charge in [0, 0.05) is 0 Å². The third-order valence-electron chi connectivity index (χ3n) is 1.33. The standard InChI is InChI=1S/C6H5BrCl2N2/c1-2-3(8)5(7)11-6(9)4(2)10/h10H2,1H3. The predicted octanol–water partition coefficient (Wildman–Crippen LogP) is 3.04.